The van der Waals surface area contributed by atoms with Crippen LogP contribution in [0.25, 0.3) is 43.9 Å². The second-order valence-corrected chi connectivity index (χ2v) is 6.63. The van der Waals surface area contributed by atoms with E-state index in [2.05, 4.69) is 36.4 Å². The molecular weight excluding hydrogens is 364 g/mol. The summed E-state index contributed by atoms with van der Waals surface area (Å²) in [6.45, 7) is 9.21. The topological polar surface area (TPSA) is 99.2 Å². The molecule has 2 N–H and O–H groups in total. The third kappa shape index (κ3) is 2.64. The van der Waals surface area contributed by atoms with Crippen molar-refractivity contribution in [2.24, 2.45) is 0 Å². The largest absolute Gasteiger partial charge is 0.380 e. The Morgan fingerprint density at radius 2 is 1.83 bits per heavy atom. The van der Waals surface area contributed by atoms with E-state index >= 15 is 0 Å². The summed E-state index contributed by atoms with van der Waals surface area (Å²) in [7, 11) is 0. The minimum absolute atomic E-state index is 0.238. The molecular formula is C21H14N8. The van der Waals surface area contributed by atoms with Gasteiger partial charge in [0.2, 0.25) is 5.65 Å². The van der Waals surface area contributed by atoms with Crippen LogP contribution in [0.3, 0.4) is 0 Å². The van der Waals surface area contributed by atoms with Crippen LogP contribution in [-0.2, 0) is 0 Å². The van der Waals surface area contributed by atoms with Gasteiger partial charge in [0.1, 0.15) is 5.69 Å². The molecule has 0 saturated carbocycles. The number of aryl methyl sites for hydroxylation is 1. The summed E-state index contributed by atoms with van der Waals surface area (Å²) < 4.78 is 1.60. The summed E-state index contributed by atoms with van der Waals surface area (Å²) in [5.41, 5.74) is 12.2. The average Bonchev–Trinajstić information content (AvgIpc) is 3.24. The van der Waals surface area contributed by atoms with E-state index in [1.165, 1.54) is 0 Å². The lowest BCUT2D eigenvalue weighted by Crippen LogP contribution is -2.05. The zero-order valence-corrected chi connectivity index (χ0v) is 15.4. The summed E-state index contributed by atoms with van der Waals surface area (Å²) in [5, 5.41) is 13.0. The van der Waals surface area contributed by atoms with Gasteiger partial charge in [-0.1, -0.05) is 30.3 Å². The monoisotopic (exact) mass is 378 g/mol. The molecule has 5 rings (SSSR count). The molecule has 8 nitrogen and oxygen atoms in total. The number of nitrogens with zero attached hydrogens (tertiary/aromatic N) is 7. The van der Waals surface area contributed by atoms with Crippen LogP contribution in [0.4, 0.5) is 11.5 Å². The first-order valence-corrected chi connectivity index (χ1v) is 8.87. The maximum Gasteiger partial charge on any atom is 0.222 e. The highest BCUT2D eigenvalue weighted by Gasteiger charge is 2.19. The lowest BCUT2D eigenvalue weighted by Gasteiger charge is -2.13. The molecule has 5 aromatic rings. The van der Waals surface area contributed by atoms with Crippen LogP contribution < -0.4 is 5.73 Å². The maximum absolute atomic E-state index is 7.17. The fraction of sp³-hybridized carbons (Fsp3) is 0.0476. The Kier molecular flexibility index (Phi) is 3.67. The van der Waals surface area contributed by atoms with Gasteiger partial charge in [-0.3, -0.25) is 4.98 Å². The molecule has 0 amide bonds. The SMILES string of the molecule is [C-]#[N+]c1ccc(-c2nc(N)c3nnnn3c2-c2ccc3nccc(C)c3c2)cc1. The van der Waals surface area contributed by atoms with Gasteiger partial charge in [0.15, 0.2) is 11.5 Å². The Morgan fingerprint density at radius 1 is 1.03 bits per heavy atom. The highest BCUT2D eigenvalue weighted by atomic mass is 15.5. The van der Waals surface area contributed by atoms with Gasteiger partial charge in [0, 0.05) is 17.1 Å². The van der Waals surface area contributed by atoms with Gasteiger partial charge in [-0.05, 0) is 46.7 Å². The molecule has 0 aliphatic rings. The zero-order chi connectivity index (χ0) is 20.0. The van der Waals surface area contributed by atoms with Gasteiger partial charge >= 0.3 is 0 Å². The molecule has 0 spiro atoms. The number of rotatable bonds is 2. The second kappa shape index (κ2) is 6.35. The molecule has 0 unspecified atom stereocenters. The average molecular weight is 378 g/mol. The van der Waals surface area contributed by atoms with Crippen LogP contribution in [0.15, 0.2) is 54.7 Å². The van der Waals surface area contributed by atoms with E-state index in [-0.39, 0.29) is 5.82 Å². The highest BCUT2D eigenvalue weighted by molar-refractivity contribution is 5.90. The number of nitrogens with two attached hydrogens (primary N) is 1. The normalized spacial score (nSPS) is 11.0. The van der Waals surface area contributed by atoms with Crippen LogP contribution >= 0.6 is 0 Å². The number of benzene rings is 2. The first kappa shape index (κ1) is 16.8. The molecule has 0 atom stereocenters. The Balaban J connectivity index is 1.84. The van der Waals surface area contributed by atoms with E-state index in [1.54, 1.807) is 22.8 Å². The zero-order valence-electron chi connectivity index (χ0n) is 15.4. The predicted molar refractivity (Wildman–Crippen MR) is 110 cm³/mol. The quantitative estimate of drug-likeness (QED) is 0.469. The molecule has 8 heteroatoms. The molecule has 0 aliphatic carbocycles. The fourth-order valence-corrected chi connectivity index (χ4v) is 3.41. The minimum atomic E-state index is 0.238. The lowest BCUT2D eigenvalue weighted by atomic mass is 10.0. The standard InChI is InChI=1S/C21H14N8/c1-12-9-10-24-17-8-5-14(11-16(12)17)19-18(13-3-6-15(23-2)7-4-13)25-20(22)21-26-27-28-29(19)21/h3-11H,1H3,(H2,22,25). The summed E-state index contributed by atoms with van der Waals surface area (Å²) >= 11 is 0. The molecule has 3 heterocycles. The van der Waals surface area contributed by atoms with E-state index in [0.29, 0.717) is 17.0 Å². The Bertz CT molecular complexity index is 1430. The van der Waals surface area contributed by atoms with Crippen molar-refractivity contribution in [3.8, 4) is 22.5 Å². The van der Waals surface area contributed by atoms with Crippen molar-refractivity contribution < 1.29 is 0 Å². The lowest BCUT2D eigenvalue weighted by molar-refractivity contribution is 0.827. The second-order valence-electron chi connectivity index (χ2n) is 6.63. The van der Waals surface area contributed by atoms with Gasteiger partial charge in [0.05, 0.1) is 17.8 Å². The van der Waals surface area contributed by atoms with Crippen molar-refractivity contribution in [2.45, 2.75) is 6.92 Å². The molecule has 138 valence electrons. The number of aromatic nitrogens is 6. The Hall–Kier alpha value is -4.38. The summed E-state index contributed by atoms with van der Waals surface area (Å²) in [5.74, 6) is 0.238. The molecule has 2 aromatic carbocycles. The van der Waals surface area contributed by atoms with Crippen molar-refractivity contribution in [2.75, 3.05) is 5.73 Å². The molecule has 29 heavy (non-hydrogen) atoms. The molecule has 0 fully saturated rings. The fourth-order valence-electron chi connectivity index (χ4n) is 3.41. The smallest absolute Gasteiger partial charge is 0.222 e. The van der Waals surface area contributed by atoms with Gasteiger partial charge < -0.3 is 5.73 Å². The van der Waals surface area contributed by atoms with E-state index in [0.717, 1.165) is 33.3 Å². The maximum atomic E-state index is 7.17. The molecule has 3 aromatic heterocycles. The number of pyridine rings is 1. The molecule has 0 saturated heterocycles. The number of nitrogen functional groups attached to an aromatic ring is 1. The van der Waals surface area contributed by atoms with Crippen LogP contribution in [0.5, 0.6) is 0 Å². The number of tetrazole rings is 1. The van der Waals surface area contributed by atoms with E-state index in [1.807, 2.05) is 37.3 Å². The molecule has 0 aliphatic heterocycles. The first-order chi connectivity index (χ1) is 14.2. The van der Waals surface area contributed by atoms with Crippen LogP contribution in [0.2, 0.25) is 0 Å². The highest BCUT2D eigenvalue weighted by Crippen LogP contribution is 2.34. The number of hydrogen-bond donors (Lipinski definition) is 1. The van der Waals surface area contributed by atoms with Crippen molar-refractivity contribution in [1.82, 2.24) is 30.0 Å². The van der Waals surface area contributed by atoms with Gasteiger partial charge in [-0.25, -0.2) is 9.83 Å². The van der Waals surface area contributed by atoms with Crippen molar-refractivity contribution >= 4 is 28.1 Å². The molecule has 0 radical (unpaired) electrons. The summed E-state index contributed by atoms with van der Waals surface area (Å²) in [6, 6.07) is 15.2. The van der Waals surface area contributed by atoms with Crippen LogP contribution in [0.1, 0.15) is 5.56 Å². The van der Waals surface area contributed by atoms with Crippen molar-refractivity contribution in [3.05, 3.63) is 71.7 Å². The van der Waals surface area contributed by atoms with Crippen molar-refractivity contribution in [3.63, 3.8) is 0 Å². The predicted octanol–water partition coefficient (Wildman–Crippen LogP) is 3.84. The van der Waals surface area contributed by atoms with E-state index in [9.17, 15) is 0 Å². The van der Waals surface area contributed by atoms with Gasteiger partial charge in [-0.15, -0.1) is 5.10 Å². The van der Waals surface area contributed by atoms with Gasteiger partial charge in [0.25, 0.3) is 0 Å². The number of fused-ring (bicyclic) bond motifs is 2. The summed E-state index contributed by atoms with van der Waals surface area (Å²) in [6.07, 6.45) is 1.80. The first-order valence-electron chi connectivity index (χ1n) is 8.87. The van der Waals surface area contributed by atoms with Crippen LogP contribution in [-0.4, -0.2) is 30.0 Å². The third-order valence-electron chi connectivity index (χ3n) is 4.87. The summed E-state index contributed by atoms with van der Waals surface area (Å²) in [4.78, 5) is 12.5. The molecule has 0 bridgehead atoms. The minimum Gasteiger partial charge on any atom is -0.380 e. The third-order valence-corrected chi connectivity index (χ3v) is 4.87. The number of anilines is 1. The van der Waals surface area contributed by atoms with E-state index < -0.39 is 0 Å². The Morgan fingerprint density at radius 3 is 2.62 bits per heavy atom. The van der Waals surface area contributed by atoms with Crippen molar-refractivity contribution in [1.29, 1.82) is 0 Å². The number of hydrogen-bond acceptors (Lipinski definition) is 6. The Labute approximate surface area is 165 Å². The van der Waals surface area contributed by atoms with Gasteiger partial charge in [-0.2, -0.15) is 4.52 Å². The van der Waals surface area contributed by atoms with Crippen LogP contribution in [0, 0.1) is 13.5 Å². The van der Waals surface area contributed by atoms with E-state index in [4.69, 9.17) is 12.3 Å².